The molecule has 31 heavy (non-hydrogen) atoms. The summed E-state index contributed by atoms with van der Waals surface area (Å²) >= 11 is 4.69. The molecule has 9 heteroatoms. The number of amides is 2. The molecule has 0 spiro atoms. The third-order valence-electron chi connectivity index (χ3n) is 4.65. The zero-order chi connectivity index (χ0) is 22.4. The second-order valence-corrected chi connectivity index (χ2v) is 8.80. The van der Waals surface area contributed by atoms with Crippen LogP contribution in [0.25, 0.3) is 0 Å². The summed E-state index contributed by atoms with van der Waals surface area (Å²) in [5.41, 5.74) is 2.28. The Balaban J connectivity index is 1.63. The molecule has 0 bridgehead atoms. The highest BCUT2D eigenvalue weighted by atomic mass is 79.9. The van der Waals surface area contributed by atoms with Crippen molar-refractivity contribution in [1.82, 2.24) is 20.1 Å². The Morgan fingerprint density at radius 1 is 1.13 bits per heavy atom. The Kier molecular flexibility index (Phi) is 7.86. The maximum Gasteiger partial charge on any atom is 0.252 e. The van der Waals surface area contributed by atoms with E-state index in [0.29, 0.717) is 23.1 Å². The highest BCUT2D eigenvalue weighted by molar-refractivity contribution is 9.10. The molecule has 162 valence electrons. The first-order chi connectivity index (χ1) is 14.9. The van der Waals surface area contributed by atoms with Gasteiger partial charge in [-0.05, 0) is 56.7 Å². The number of carbonyl (C=O) groups excluding carboxylic acids is 2. The van der Waals surface area contributed by atoms with Crippen molar-refractivity contribution in [3.63, 3.8) is 0 Å². The third kappa shape index (κ3) is 5.95. The van der Waals surface area contributed by atoms with E-state index in [4.69, 9.17) is 0 Å². The van der Waals surface area contributed by atoms with Crippen LogP contribution >= 0.6 is 27.7 Å². The Morgan fingerprint density at radius 2 is 1.84 bits per heavy atom. The Hall–Kier alpha value is -2.65. The summed E-state index contributed by atoms with van der Waals surface area (Å²) in [5, 5.41) is 15.0. The fourth-order valence-electron chi connectivity index (χ4n) is 3.05. The van der Waals surface area contributed by atoms with E-state index in [2.05, 4.69) is 36.8 Å². The number of aromatic nitrogens is 3. The second kappa shape index (κ2) is 10.6. The van der Waals surface area contributed by atoms with E-state index in [1.165, 1.54) is 11.8 Å². The normalized spacial score (nSPS) is 11.7. The monoisotopic (exact) mass is 501 g/mol. The number of nitrogens with one attached hydrogen (secondary N) is 2. The van der Waals surface area contributed by atoms with Crippen LogP contribution in [0.2, 0.25) is 0 Å². The van der Waals surface area contributed by atoms with Crippen molar-refractivity contribution in [3.05, 3.63) is 70.0 Å². The standard InChI is InChI=1S/C22H24BrN5O2S/c1-4-28-20(15(3)24-21(30)18-8-6-5-7-14(18)2)26-27-22(28)31-13-19(29)25-17-11-9-16(23)10-12-17/h5-12,15H,4,13H2,1-3H3,(H,24,30)(H,25,29)/t15-/m1/s1. The molecule has 1 heterocycles. The van der Waals surface area contributed by atoms with Crippen molar-refractivity contribution in [2.45, 2.75) is 38.5 Å². The van der Waals surface area contributed by atoms with Crippen LogP contribution in [0.15, 0.2) is 58.2 Å². The maximum atomic E-state index is 12.6. The predicted molar refractivity (Wildman–Crippen MR) is 126 cm³/mol. The van der Waals surface area contributed by atoms with Gasteiger partial charge in [0.1, 0.15) is 0 Å². The molecule has 0 aliphatic rings. The summed E-state index contributed by atoms with van der Waals surface area (Å²) in [5.74, 6) is 0.582. The molecule has 3 aromatic rings. The zero-order valence-corrected chi connectivity index (χ0v) is 20.0. The summed E-state index contributed by atoms with van der Waals surface area (Å²) < 4.78 is 2.87. The molecule has 2 N–H and O–H groups in total. The van der Waals surface area contributed by atoms with Gasteiger partial charge in [-0.1, -0.05) is 45.9 Å². The van der Waals surface area contributed by atoms with Gasteiger partial charge in [0.25, 0.3) is 5.91 Å². The van der Waals surface area contributed by atoms with Crippen LogP contribution in [0.3, 0.4) is 0 Å². The smallest absolute Gasteiger partial charge is 0.252 e. The molecular weight excluding hydrogens is 478 g/mol. The van der Waals surface area contributed by atoms with E-state index < -0.39 is 0 Å². The number of hydrogen-bond donors (Lipinski definition) is 2. The summed E-state index contributed by atoms with van der Waals surface area (Å²) in [7, 11) is 0. The van der Waals surface area contributed by atoms with Gasteiger partial charge in [-0.15, -0.1) is 10.2 Å². The van der Waals surface area contributed by atoms with Crippen molar-refractivity contribution in [3.8, 4) is 0 Å². The molecule has 0 radical (unpaired) electrons. The summed E-state index contributed by atoms with van der Waals surface area (Å²) in [6.45, 7) is 6.39. The van der Waals surface area contributed by atoms with Crippen molar-refractivity contribution in [1.29, 1.82) is 0 Å². The summed E-state index contributed by atoms with van der Waals surface area (Å²) in [4.78, 5) is 24.9. The quantitative estimate of drug-likeness (QED) is 0.440. The van der Waals surface area contributed by atoms with Gasteiger partial charge in [-0.3, -0.25) is 9.59 Å². The van der Waals surface area contributed by atoms with Crippen molar-refractivity contribution >= 4 is 45.2 Å². The molecule has 1 atom stereocenters. The van der Waals surface area contributed by atoms with Crippen LogP contribution in [0, 0.1) is 6.92 Å². The number of hydrogen-bond acceptors (Lipinski definition) is 5. The Morgan fingerprint density at radius 3 is 2.52 bits per heavy atom. The lowest BCUT2D eigenvalue weighted by atomic mass is 10.1. The largest absolute Gasteiger partial charge is 0.342 e. The van der Waals surface area contributed by atoms with Gasteiger partial charge < -0.3 is 15.2 Å². The molecule has 0 aliphatic carbocycles. The molecule has 2 amide bonds. The molecule has 0 aliphatic heterocycles. The first-order valence-corrected chi connectivity index (χ1v) is 11.6. The molecule has 7 nitrogen and oxygen atoms in total. The fourth-order valence-corrected chi connectivity index (χ4v) is 4.13. The SMILES string of the molecule is CCn1c(SCC(=O)Nc2ccc(Br)cc2)nnc1[C@@H](C)NC(=O)c1ccccc1C. The average Bonchev–Trinajstić information content (AvgIpc) is 3.17. The molecule has 3 rings (SSSR count). The number of thioether (sulfide) groups is 1. The lowest BCUT2D eigenvalue weighted by Crippen LogP contribution is -2.29. The van der Waals surface area contributed by atoms with E-state index in [1.807, 2.05) is 67.8 Å². The molecule has 1 aromatic heterocycles. The number of benzene rings is 2. The molecule has 0 saturated carbocycles. The van der Waals surface area contributed by atoms with Gasteiger partial charge in [0.15, 0.2) is 11.0 Å². The van der Waals surface area contributed by atoms with Crippen LogP contribution in [0.1, 0.15) is 41.6 Å². The number of carbonyl (C=O) groups is 2. The lowest BCUT2D eigenvalue weighted by Gasteiger charge is -2.16. The summed E-state index contributed by atoms with van der Waals surface area (Å²) in [6.07, 6.45) is 0. The minimum atomic E-state index is -0.328. The second-order valence-electron chi connectivity index (χ2n) is 6.94. The van der Waals surface area contributed by atoms with Gasteiger partial charge in [0.2, 0.25) is 5.91 Å². The van der Waals surface area contributed by atoms with Crippen LogP contribution in [-0.2, 0) is 11.3 Å². The maximum absolute atomic E-state index is 12.6. The summed E-state index contributed by atoms with van der Waals surface area (Å²) in [6, 6.07) is 14.5. The number of anilines is 1. The van der Waals surface area contributed by atoms with Crippen LogP contribution in [0.4, 0.5) is 5.69 Å². The number of rotatable bonds is 8. The average molecular weight is 502 g/mol. The van der Waals surface area contributed by atoms with E-state index >= 15 is 0 Å². The minimum Gasteiger partial charge on any atom is -0.342 e. The zero-order valence-electron chi connectivity index (χ0n) is 17.6. The topological polar surface area (TPSA) is 88.9 Å². The Labute approximate surface area is 194 Å². The highest BCUT2D eigenvalue weighted by Crippen LogP contribution is 2.22. The first-order valence-electron chi connectivity index (χ1n) is 9.86. The third-order valence-corrected chi connectivity index (χ3v) is 6.14. The minimum absolute atomic E-state index is 0.125. The van der Waals surface area contributed by atoms with Gasteiger partial charge in [-0.25, -0.2) is 0 Å². The molecule has 2 aromatic carbocycles. The van der Waals surface area contributed by atoms with Crippen molar-refractivity contribution in [2.24, 2.45) is 0 Å². The number of aryl methyl sites for hydroxylation is 1. The van der Waals surface area contributed by atoms with Gasteiger partial charge >= 0.3 is 0 Å². The van der Waals surface area contributed by atoms with Crippen LogP contribution < -0.4 is 10.6 Å². The van der Waals surface area contributed by atoms with Gasteiger partial charge in [0, 0.05) is 22.3 Å². The van der Waals surface area contributed by atoms with Gasteiger partial charge in [0.05, 0.1) is 11.8 Å². The molecular formula is C22H24BrN5O2S. The van der Waals surface area contributed by atoms with E-state index in [0.717, 1.165) is 15.7 Å². The van der Waals surface area contributed by atoms with Crippen molar-refractivity contribution in [2.75, 3.05) is 11.1 Å². The Bertz CT molecular complexity index is 1070. The number of halogens is 1. The molecule has 0 unspecified atom stereocenters. The van der Waals surface area contributed by atoms with Crippen LogP contribution in [-0.4, -0.2) is 32.3 Å². The molecule has 0 saturated heterocycles. The number of nitrogens with zero attached hydrogens (tertiary/aromatic N) is 3. The fraction of sp³-hybridized carbons (Fsp3) is 0.273. The van der Waals surface area contributed by atoms with E-state index in [1.54, 1.807) is 6.07 Å². The lowest BCUT2D eigenvalue weighted by molar-refractivity contribution is -0.113. The van der Waals surface area contributed by atoms with Gasteiger partial charge in [-0.2, -0.15) is 0 Å². The van der Waals surface area contributed by atoms with Crippen molar-refractivity contribution < 1.29 is 9.59 Å². The molecule has 0 fully saturated rings. The first kappa shape index (κ1) is 23.0. The van der Waals surface area contributed by atoms with Crippen LogP contribution in [0.5, 0.6) is 0 Å². The van der Waals surface area contributed by atoms with E-state index in [-0.39, 0.29) is 23.6 Å². The van der Waals surface area contributed by atoms with E-state index in [9.17, 15) is 9.59 Å². The predicted octanol–water partition coefficient (Wildman–Crippen LogP) is 4.59. The highest BCUT2D eigenvalue weighted by Gasteiger charge is 2.20.